The fraction of sp³-hybridized carbons (Fsp3) is 0.889. The number of halogens is 3. The summed E-state index contributed by atoms with van der Waals surface area (Å²) in [6.45, 7) is 0. The van der Waals surface area contributed by atoms with Crippen LogP contribution in [-0.4, -0.2) is 17.3 Å². The third kappa shape index (κ3) is 3.20. The van der Waals surface area contributed by atoms with Gasteiger partial charge in [-0.25, -0.2) is 0 Å². The largest absolute Gasteiger partial charge is 0.481 e. The summed E-state index contributed by atoms with van der Waals surface area (Å²) < 4.78 is 36.6. The zero-order valence-electron chi connectivity index (χ0n) is 7.68. The maximum Gasteiger partial charge on any atom is 0.391 e. The molecule has 0 saturated heterocycles. The van der Waals surface area contributed by atoms with E-state index in [1.807, 2.05) is 0 Å². The van der Waals surface area contributed by atoms with Crippen LogP contribution in [0, 0.1) is 11.8 Å². The van der Waals surface area contributed by atoms with Crippen LogP contribution >= 0.6 is 0 Å². The molecule has 14 heavy (non-hydrogen) atoms. The number of carboxylic acids is 1. The van der Waals surface area contributed by atoms with Crippen molar-refractivity contribution in [3.8, 4) is 0 Å². The topological polar surface area (TPSA) is 37.3 Å². The number of hydrogen-bond donors (Lipinski definition) is 1. The number of carboxylic acid groups (broad SMARTS) is 1. The van der Waals surface area contributed by atoms with Crippen molar-refractivity contribution in [3.63, 3.8) is 0 Å². The zero-order chi connectivity index (χ0) is 10.8. The number of aliphatic carboxylic acids is 1. The lowest BCUT2D eigenvalue weighted by Gasteiger charge is -2.14. The molecule has 1 saturated carbocycles. The van der Waals surface area contributed by atoms with Gasteiger partial charge in [0.2, 0.25) is 0 Å². The van der Waals surface area contributed by atoms with Crippen LogP contribution in [0.25, 0.3) is 0 Å². The predicted octanol–water partition coefficient (Wildman–Crippen LogP) is 2.83. The van der Waals surface area contributed by atoms with Crippen LogP contribution in [0.4, 0.5) is 13.2 Å². The van der Waals surface area contributed by atoms with E-state index in [4.69, 9.17) is 5.11 Å². The molecule has 1 rings (SSSR count). The molecule has 0 aliphatic heterocycles. The molecule has 0 amide bonds. The van der Waals surface area contributed by atoms with Gasteiger partial charge in [0, 0.05) is 6.42 Å². The van der Waals surface area contributed by atoms with E-state index in [1.165, 1.54) is 0 Å². The molecule has 2 nitrogen and oxygen atoms in total. The van der Waals surface area contributed by atoms with E-state index in [0.29, 0.717) is 12.8 Å². The number of rotatable bonds is 3. The summed E-state index contributed by atoms with van der Waals surface area (Å²) in [4.78, 5) is 10.2. The van der Waals surface area contributed by atoms with Gasteiger partial charge in [0.05, 0.1) is 5.92 Å². The van der Waals surface area contributed by atoms with Crippen LogP contribution < -0.4 is 0 Å². The summed E-state index contributed by atoms with van der Waals surface area (Å²) in [5.74, 6) is -2.19. The second kappa shape index (κ2) is 4.19. The molecule has 0 heterocycles. The summed E-state index contributed by atoms with van der Waals surface area (Å²) >= 11 is 0. The summed E-state index contributed by atoms with van der Waals surface area (Å²) in [6.07, 6.45) is -2.96. The lowest BCUT2D eigenvalue weighted by Crippen LogP contribution is -2.20. The van der Waals surface area contributed by atoms with Crippen molar-refractivity contribution in [2.24, 2.45) is 11.8 Å². The van der Waals surface area contributed by atoms with E-state index >= 15 is 0 Å². The standard InChI is InChI=1S/C9H13F3O2/c10-9(11,12)7-3-1-6(5-7)2-4-8(13)14/h6-7H,1-5H2,(H,13,14). The highest BCUT2D eigenvalue weighted by atomic mass is 19.4. The molecule has 0 aromatic carbocycles. The van der Waals surface area contributed by atoms with Crippen LogP contribution in [-0.2, 0) is 4.79 Å². The normalized spacial score (nSPS) is 27.9. The van der Waals surface area contributed by atoms with Crippen LogP contribution in [0.5, 0.6) is 0 Å². The third-order valence-corrected chi connectivity index (χ3v) is 2.77. The van der Waals surface area contributed by atoms with Crippen LogP contribution in [0.1, 0.15) is 32.1 Å². The van der Waals surface area contributed by atoms with E-state index < -0.39 is 18.1 Å². The maximum absolute atomic E-state index is 12.2. The molecule has 0 spiro atoms. The molecule has 1 aliphatic rings. The number of carbonyl (C=O) groups is 1. The summed E-state index contributed by atoms with van der Waals surface area (Å²) in [5.41, 5.74) is 0. The van der Waals surface area contributed by atoms with Crippen LogP contribution in [0.2, 0.25) is 0 Å². The molecule has 0 aromatic heterocycles. The van der Waals surface area contributed by atoms with E-state index in [0.717, 1.165) is 0 Å². The minimum Gasteiger partial charge on any atom is -0.481 e. The first-order valence-corrected chi connectivity index (χ1v) is 4.68. The fourth-order valence-electron chi connectivity index (χ4n) is 1.96. The predicted molar refractivity (Wildman–Crippen MR) is 43.8 cm³/mol. The summed E-state index contributed by atoms with van der Waals surface area (Å²) in [5, 5.41) is 8.38. The van der Waals surface area contributed by atoms with Gasteiger partial charge in [-0.2, -0.15) is 13.2 Å². The molecule has 1 fully saturated rings. The molecule has 1 aliphatic carbocycles. The van der Waals surface area contributed by atoms with Crippen molar-refractivity contribution in [2.45, 2.75) is 38.3 Å². The average molecular weight is 210 g/mol. The first-order chi connectivity index (χ1) is 6.39. The molecule has 2 atom stereocenters. The average Bonchev–Trinajstić information content (AvgIpc) is 2.47. The molecule has 1 N–H and O–H groups in total. The molecule has 82 valence electrons. The molecule has 0 bridgehead atoms. The fourth-order valence-corrected chi connectivity index (χ4v) is 1.96. The number of hydrogen-bond acceptors (Lipinski definition) is 1. The minimum absolute atomic E-state index is 0.0186. The molecule has 2 unspecified atom stereocenters. The van der Waals surface area contributed by atoms with Crippen molar-refractivity contribution in [1.82, 2.24) is 0 Å². The first kappa shape index (κ1) is 11.3. The van der Waals surface area contributed by atoms with Crippen molar-refractivity contribution in [2.75, 3.05) is 0 Å². The Labute approximate surface area is 80.1 Å². The molecule has 0 aromatic rings. The summed E-state index contributed by atoms with van der Waals surface area (Å²) in [6, 6.07) is 0. The van der Waals surface area contributed by atoms with Gasteiger partial charge in [0.1, 0.15) is 0 Å². The Hall–Kier alpha value is -0.740. The van der Waals surface area contributed by atoms with Crippen molar-refractivity contribution in [3.05, 3.63) is 0 Å². The van der Waals surface area contributed by atoms with Gasteiger partial charge in [-0.1, -0.05) is 0 Å². The van der Waals surface area contributed by atoms with E-state index in [9.17, 15) is 18.0 Å². The van der Waals surface area contributed by atoms with Gasteiger partial charge in [0.25, 0.3) is 0 Å². The highest BCUT2D eigenvalue weighted by molar-refractivity contribution is 5.66. The van der Waals surface area contributed by atoms with E-state index in [2.05, 4.69) is 0 Å². The Morgan fingerprint density at radius 2 is 2.00 bits per heavy atom. The zero-order valence-corrected chi connectivity index (χ0v) is 7.68. The maximum atomic E-state index is 12.2. The highest BCUT2D eigenvalue weighted by Crippen LogP contribution is 2.43. The molecule has 5 heteroatoms. The minimum atomic E-state index is -4.10. The Morgan fingerprint density at radius 1 is 1.36 bits per heavy atom. The lowest BCUT2D eigenvalue weighted by molar-refractivity contribution is -0.173. The van der Waals surface area contributed by atoms with Gasteiger partial charge < -0.3 is 5.11 Å². The quantitative estimate of drug-likeness (QED) is 0.777. The number of alkyl halides is 3. The second-order valence-corrected chi connectivity index (χ2v) is 3.85. The second-order valence-electron chi connectivity index (χ2n) is 3.85. The SMILES string of the molecule is O=C(O)CCC1CCC(C(F)(F)F)C1. The van der Waals surface area contributed by atoms with E-state index in [1.54, 1.807) is 0 Å². The Kier molecular flexibility index (Phi) is 3.39. The Balaban J connectivity index is 2.31. The van der Waals surface area contributed by atoms with Crippen LogP contribution in [0.15, 0.2) is 0 Å². The molecular formula is C9H13F3O2. The lowest BCUT2D eigenvalue weighted by atomic mass is 10.00. The van der Waals surface area contributed by atoms with Gasteiger partial charge in [-0.3, -0.25) is 4.79 Å². The highest BCUT2D eigenvalue weighted by Gasteiger charge is 2.43. The third-order valence-electron chi connectivity index (χ3n) is 2.77. The van der Waals surface area contributed by atoms with Crippen LogP contribution in [0.3, 0.4) is 0 Å². The first-order valence-electron chi connectivity index (χ1n) is 4.68. The molecular weight excluding hydrogens is 197 g/mol. The summed E-state index contributed by atoms with van der Waals surface area (Å²) in [7, 11) is 0. The Morgan fingerprint density at radius 3 is 2.43 bits per heavy atom. The van der Waals surface area contributed by atoms with Crippen molar-refractivity contribution >= 4 is 5.97 Å². The Bertz CT molecular complexity index is 213. The monoisotopic (exact) mass is 210 g/mol. The molecule has 0 radical (unpaired) electrons. The van der Waals surface area contributed by atoms with Crippen molar-refractivity contribution < 1.29 is 23.1 Å². The smallest absolute Gasteiger partial charge is 0.391 e. The van der Waals surface area contributed by atoms with Gasteiger partial charge >= 0.3 is 12.1 Å². The van der Waals surface area contributed by atoms with Crippen molar-refractivity contribution in [1.29, 1.82) is 0 Å². The van der Waals surface area contributed by atoms with Gasteiger partial charge in [-0.05, 0) is 31.6 Å². The van der Waals surface area contributed by atoms with Gasteiger partial charge in [-0.15, -0.1) is 0 Å². The van der Waals surface area contributed by atoms with E-state index in [-0.39, 0.29) is 25.2 Å². The van der Waals surface area contributed by atoms with Gasteiger partial charge in [0.15, 0.2) is 0 Å².